The smallest absolute Gasteiger partial charge is 0.168 e. The van der Waals surface area contributed by atoms with Crippen LogP contribution < -0.4 is 10.5 Å². The Labute approximate surface area is 108 Å². The second-order valence-electron chi connectivity index (χ2n) is 4.37. The van der Waals surface area contributed by atoms with Crippen LogP contribution in [0.5, 0.6) is 5.75 Å². The molecule has 0 bridgehead atoms. The van der Waals surface area contributed by atoms with E-state index in [4.69, 9.17) is 15.2 Å². The molecule has 0 amide bonds. The van der Waals surface area contributed by atoms with Crippen molar-refractivity contribution in [2.45, 2.75) is 25.8 Å². The molecular formula is C14H21NO3. The molecule has 0 aromatic heterocycles. The highest BCUT2D eigenvalue weighted by atomic mass is 16.5. The lowest BCUT2D eigenvalue weighted by Crippen LogP contribution is -2.25. The average molecular weight is 251 g/mol. The molecule has 1 aromatic carbocycles. The highest BCUT2D eigenvalue weighted by Crippen LogP contribution is 2.21. The van der Waals surface area contributed by atoms with Crippen molar-refractivity contribution in [2.75, 3.05) is 20.8 Å². The van der Waals surface area contributed by atoms with Crippen LogP contribution in [0.25, 0.3) is 0 Å². The zero-order chi connectivity index (χ0) is 13.5. The van der Waals surface area contributed by atoms with Crippen LogP contribution in [-0.4, -0.2) is 32.7 Å². The van der Waals surface area contributed by atoms with Gasteiger partial charge in [0.1, 0.15) is 5.75 Å². The number of rotatable bonds is 7. The third kappa shape index (κ3) is 4.13. The quantitative estimate of drug-likeness (QED) is 0.752. The van der Waals surface area contributed by atoms with Gasteiger partial charge in [-0.3, -0.25) is 4.79 Å². The number of ether oxygens (including phenoxy) is 2. The Morgan fingerprint density at radius 1 is 1.39 bits per heavy atom. The van der Waals surface area contributed by atoms with Gasteiger partial charge in [0.05, 0.1) is 12.7 Å². The van der Waals surface area contributed by atoms with Gasteiger partial charge in [0.15, 0.2) is 5.78 Å². The fourth-order valence-corrected chi connectivity index (χ4v) is 1.76. The first-order valence-electron chi connectivity index (χ1n) is 6.00. The summed E-state index contributed by atoms with van der Waals surface area (Å²) in [5.41, 5.74) is 7.52. The Kier molecular flexibility index (Phi) is 5.82. The van der Waals surface area contributed by atoms with Gasteiger partial charge in [-0.15, -0.1) is 0 Å². The lowest BCUT2D eigenvalue weighted by atomic mass is 10.00. The van der Waals surface area contributed by atoms with Gasteiger partial charge in [0, 0.05) is 26.2 Å². The van der Waals surface area contributed by atoms with Crippen LogP contribution >= 0.6 is 0 Å². The third-order valence-electron chi connectivity index (χ3n) is 2.80. The maximum Gasteiger partial charge on any atom is 0.168 e. The second-order valence-corrected chi connectivity index (χ2v) is 4.37. The molecule has 0 aliphatic rings. The molecule has 0 saturated heterocycles. The first kappa shape index (κ1) is 14.7. The number of carbonyl (C=O) groups excluding carboxylic acids is 1. The molecule has 100 valence electrons. The zero-order valence-electron chi connectivity index (χ0n) is 11.2. The maximum absolute atomic E-state index is 12.1. The van der Waals surface area contributed by atoms with Crippen molar-refractivity contribution in [3.63, 3.8) is 0 Å². The van der Waals surface area contributed by atoms with E-state index in [9.17, 15) is 4.79 Å². The molecule has 0 heterocycles. The van der Waals surface area contributed by atoms with E-state index < -0.39 is 0 Å². The molecular weight excluding hydrogens is 230 g/mol. The summed E-state index contributed by atoms with van der Waals surface area (Å²) in [6.07, 6.45) is 0.986. The van der Waals surface area contributed by atoms with Crippen molar-refractivity contribution in [2.24, 2.45) is 5.73 Å². The molecule has 18 heavy (non-hydrogen) atoms. The predicted octanol–water partition coefficient (Wildman–Crippen LogP) is 1.94. The highest BCUT2D eigenvalue weighted by molar-refractivity contribution is 5.99. The van der Waals surface area contributed by atoms with Crippen molar-refractivity contribution < 1.29 is 14.3 Å². The molecule has 2 N–H and O–H groups in total. The number of carbonyl (C=O) groups is 1. The number of Topliss-reactive ketones (excluding diaryl/α,β-unsaturated/α-hetero) is 1. The minimum atomic E-state index is -0.178. The summed E-state index contributed by atoms with van der Waals surface area (Å²) in [7, 11) is 3.18. The van der Waals surface area contributed by atoms with E-state index in [1.54, 1.807) is 14.2 Å². The van der Waals surface area contributed by atoms with Crippen molar-refractivity contribution >= 4 is 5.78 Å². The summed E-state index contributed by atoms with van der Waals surface area (Å²) in [6.45, 7) is 2.51. The van der Waals surface area contributed by atoms with Gasteiger partial charge in [-0.25, -0.2) is 0 Å². The summed E-state index contributed by atoms with van der Waals surface area (Å²) >= 11 is 0. The number of aryl methyl sites for hydroxylation is 1. The van der Waals surface area contributed by atoms with Crippen LogP contribution in [0, 0.1) is 6.92 Å². The van der Waals surface area contributed by atoms with Crippen LogP contribution in [0.15, 0.2) is 18.2 Å². The van der Waals surface area contributed by atoms with E-state index in [-0.39, 0.29) is 11.8 Å². The fourth-order valence-electron chi connectivity index (χ4n) is 1.76. The van der Waals surface area contributed by atoms with E-state index in [1.807, 2.05) is 25.1 Å². The van der Waals surface area contributed by atoms with Crippen molar-refractivity contribution in [3.8, 4) is 5.75 Å². The Hall–Kier alpha value is -1.39. The van der Waals surface area contributed by atoms with Gasteiger partial charge in [-0.05, 0) is 25.5 Å². The number of ketones is 1. The normalized spacial score (nSPS) is 12.2. The third-order valence-corrected chi connectivity index (χ3v) is 2.80. The molecule has 0 radical (unpaired) electrons. The van der Waals surface area contributed by atoms with Crippen molar-refractivity contribution in [3.05, 3.63) is 29.3 Å². The van der Waals surface area contributed by atoms with Gasteiger partial charge in [0.2, 0.25) is 0 Å². The maximum atomic E-state index is 12.1. The van der Waals surface area contributed by atoms with Gasteiger partial charge in [-0.2, -0.15) is 0 Å². The fraction of sp³-hybridized carbons (Fsp3) is 0.500. The highest BCUT2D eigenvalue weighted by Gasteiger charge is 2.15. The van der Waals surface area contributed by atoms with Crippen LogP contribution in [0.2, 0.25) is 0 Å². The van der Waals surface area contributed by atoms with Crippen LogP contribution in [0.4, 0.5) is 0 Å². The van der Waals surface area contributed by atoms with Gasteiger partial charge in [-0.1, -0.05) is 11.6 Å². The van der Waals surface area contributed by atoms with E-state index >= 15 is 0 Å². The number of benzene rings is 1. The number of hydrogen-bond donors (Lipinski definition) is 1. The number of methoxy groups -OCH3 is 2. The molecule has 4 heteroatoms. The summed E-state index contributed by atoms with van der Waals surface area (Å²) in [4.78, 5) is 12.1. The lowest BCUT2D eigenvalue weighted by Gasteiger charge is -2.12. The number of hydrogen-bond acceptors (Lipinski definition) is 4. The molecule has 0 saturated carbocycles. The first-order valence-corrected chi connectivity index (χ1v) is 6.00. The van der Waals surface area contributed by atoms with Gasteiger partial charge < -0.3 is 15.2 Å². The minimum absolute atomic E-state index is 0.0131. The molecule has 0 fully saturated rings. The molecule has 0 aliphatic heterocycles. The summed E-state index contributed by atoms with van der Waals surface area (Å²) in [5, 5.41) is 0. The molecule has 1 atom stereocenters. The lowest BCUT2D eigenvalue weighted by molar-refractivity contribution is 0.0964. The topological polar surface area (TPSA) is 61.5 Å². The molecule has 0 spiro atoms. The summed E-state index contributed by atoms with van der Waals surface area (Å²) < 4.78 is 10.1. The van der Waals surface area contributed by atoms with Crippen LogP contribution in [0.3, 0.4) is 0 Å². The molecule has 0 aliphatic carbocycles. The SMILES string of the molecule is COCCC(N)CC(=O)c1cc(C)ccc1OC. The van der Waals surface area contributed by atoms with Crippen molar-refractivity contribution in [1.82, 2.24) is 0 Å². The van der Waals surface area contributed by atoms with E-state index in [0.717, 1.165) is 5.56 Å². The van der Waals surface area contributed by atoms with Crippen molar-refractivity contribution in [1.29, 1.82) is 0 Å². The number of nitrogens with two attached hydrogens (primary N) is 1. The van der Waals surface area contributed by atoms with Gasteiger partial charge >= 0.3 is 0 Å². The molecule has 1 unspecified atom stereocenters. The Bertz CT molecular complexity index is 404. The summed E-state index contributed by atoms with van der Waals surface area (Å²) in [6, 6.07) is 5.39. The standard InChI is InChI=1S/C14H21NO3/c1-10-4-5-14(18-3)12(8-10)13(16)9-11(15)6-7-17-2/h4-5,8,11H,6-7,9,15H2,1-3H3. The van der Waals surface area contributed by atoms with Gasteiger partial charge in [0.25, 0.3) is 0 Å². The predicted molar refractivity (Wildman–Crippen MR) is 71.1 cm³/mol. The largest absolute Gasteiger partial charge is 0.496 e. The van der Waals surface area contributed by atoms with Crippen LogP contribution in [-0.2, 0) is 4.74 Å². The average Bonchev–Trinajstić information content (AvgIpc) is 2.36. The molecule has 4 nitrogen and oxygen atoms in total. The second kappa shape index (κ2) is 7.13. The molecule has 1 aromatic rings. The van der Waals surface area contributed by atoms with E-state index in [0.29, 0.717) is 30.8 Å². The minimum Gasteiger partial charge on any atom is -0.496 e. The monoisotopic (exact) mass is 251 g/mol. The first-order chi connectivity index (χ1) is 8.58. The van der Waals surface area contributed by atoms with E-state index in [1.165, 1.54) is 0 Å². The Balaban J connectivity index is 2.74. The Morgan fingerprint density at radius 2 is 2.11 bits per heavy atom. The zero-order valence-corrected chi connectivity index (χ0v) is 11.2. The molecule has 1 rings (SSSR count). The summed E-state index contributed by atoms with van der Waals surface area (Å²) in [5.74, 6) is 0.615. The Morgan fingerprint density at radius 3 is 2.72 bits per heavy atom. The van der Waals surface area contributed by atoms with E-state index in [2.05, 4.69) is 0 Å². The van der Waals surface area contributed by atoms with Crippen LogP contribution in [0.1, 0.15) is 28.8 Å².